The number of benzene rings is 1. The molecular formula is C14H17BrClNO. The molecule has 18 heavy (non-hydrogen) atoms. The molecule has 1 aromatic carbocycles. The van der Waals surface area contributed by atoms with Gasteiger partial charge >= 0.3 is 0 Å². The summed E-state index contributed by atoms with van der Waals surface area (Å²) in [5.74, 6) is 0.966. The van der Waals surface area contributed by atoms with E-state index < -0.39 is 0 Å². The first-order valence-corrected chi connectivity index (χ1v) is 7.44. The zero-order chi connectivity index (χ0) is 13.1. The first-order chi connectivity index (χ1) is 8.65. The van der Waals surface area contributed by atoms with Gasteiger partial charge in [-0.05, 0) is 31.2 Å². The van der Waals surface area contributed by atoms with Gasteiger partial charge in [0.25, 0.3) is 0 Å². The molecule has 0 aliphatic carbocycles. The second-order valence-electron chi connectivity index (χ2n) is 4.35. The minimum Gasteiger partial charge on any atom is -0.458 e. The van der Waals surface area contributed by atoms with E-state index in [-0.39, 0.29) is 6.04 Å². The van der Waals surface area contributed by atoms with Gasteiger partial charge < -0.3 is 9.73 Å². The minimum atomic E-state index is 0.266. The van der Waals surface area contributed by atoms with Gasteiger partial charge in [0.1, 0.15) is 5.76 Å². The Labute approximate surface area is 121 Å². The van der Waals surface area contributed by atoms with E-state index in [0.717, 1.165) is 40.6 Å². The number of furan rings is 1. The summed E-state index contributed by atoms with van der Waals surface area (Å²) in [7, 11) is 0. The van der Waals surface area contributed by atoms with Crippen molar-refractivity contribution in [1.82, 2.24) is 5.32 Å². The summed E-state index contributed by atoms with van der Waals surface area (Å²) in [6.07, 6.45) is 2.18. The van der Waals surface area contributed by atoms with Crippen LogP contribution in [-0.2, 0) is 0 Å². The lowest BCUT2D eigenvalue weighted by Crippen LogP contribution is -2.20. The lowest BCUT2D eigenvalue weighted by Gasteiger charge is -2.13. The van der Waals surface area contributed by atoms with Crippen molar-refractivity contribution in [3.05, 3.63) is 33.5 Å². The van der Waals surface area contributed by atoms with Crippen molar-refractivity contribution in [2.75, 3.05) is 6.54 Å². The Bertz CT molecular complexity index is 532. The molecule has 1 heterocycles. The Balaban J connectivity index is 2.41. The molecule has 1 atom stereocenters. The van der Waals surface area contributed by atoms with Gasteiger partial charge in [-0.1, -0.05) is 47.8 Å². The van der Waals surface area contributed by atoms with Crippen molar-refractivity contribution >= 4 is 38.5 Å². The number of fused-ring (bicyclic) bond motifs is 1. The van der Waals surface area contributed by atoms with E-state index in [9.17, 15) is 0 Å². The average Bonchev–Trinajstić information content (AvgIpc) is 2.72. The normalized spacial score (nSPS) is 13.1. The Kier molecular flexibility index (Phi) is 4.71. The molecule has 0 bridgehead atoms. The highest BCUT2D eigenvalue weighted by molar-refractivity contribution is 9.10. The summed E-state index contributed by atoms with van der Waals surface area (Å²) in [4.78, 5) is 0. The van der Waals surface area contributed by atoms with Gasteiger partial charge in [0.15, 0.2) is 5.58 Å². The third-order valence-electron chi connectivity index (χ3n) is 2.93. The fourth-order valence-electron chi connectivity index (χ4n) is 2.15. The van der Waals surface area contributed by atoms with Gasteiger partial charge in [-0.15, -0.1) is 0 Å². The van der Waals surface area contributed by atoms with Crippen LogP contribution < -0.4 is 5.32 Å². The quantitative estimate of drug-likeness (QED) is 0.804. The number of halogens is 2. The molecular weight excluding hydrogens is 314 g/mol. The Morgan fingerprint density at radius 3 is 2.78 bits per heavy atom. The van der Waals surface area contributed by atoms with Crippen LogP contribution in [0.4, 0.5) is 0 Å². The predicted molar refractivity (Wildman–Crippen MR) is 80.2 cm³/mol. The number of rotatable bonds is 5. The average molecular weight is 331 g/mol. The monoisotopic (exact) mass is 329 g/mol. The lowest BCUT2D eigenvalue weighted by molar-refractivity contribution is 0.414. The molecule has 2 rings (SSSR count). The minimum absolute atomic E-state index is 0.266. The third-order valence-corrected chi connectivity index (χ3v) is 3.66. The molecule has 0 spiro atoms. The van der Waals surface area contributed by atoms with E-state index >= 15 is 0 Å². The van der Waals surface area contributed by atoms with Crippen molar-refractivity contribution in [2.24, 2.45) is 0 Å². The molecule has 0 radical (unpaired) electrons. The van der Waals surface area contributed by atoms with E-state index in [1.807, 2.05) is 12.1 Å². The van der Waals surface area contributed by atoms with Crippen LogP contribution in [-0.4, -0.2) is 6.54 Å². The first-order valence-electron chi connectivity index (χ1n) is 6.27. The summed E-state index contributed by atoms with van der Waals surface area (Å²) in [6.45, 7) is 5.21. The van der Waals surface area contributed by atoms with Crippen LogP contribution in [0.5, 0.6) is 0 Å². The zero-order valence-corrected chi connectivity index (χ0v) is 12.9. The number of nitrogens with one attached hydrogen (secondary N) is 1. The number of hydrogen-bond acceptors (Lipinski definition) is 2. The van der Waals surface area contributed by atoms with Crippen LogP contribution in [0.2, 0.25) is 5.02 Å². The molecule has 2 nitrogen and oxygen atoms in total. The van der Waals surface area contributed by atoms with E-state index in [0.29, 0.717) is 5.02 Å². The summed E-state index contributed by atoms with van der Waals surface area (Å²) in [6, 6.07) is 6.24. The van der Waals surface area contributed by atoms with Crippen molar-refractivity contribution in [3.63, 3.8) is 0 Å². The van der Waals surface area contributed by atoms with Gasteiger partial charge in [-0.2, -0.15) is 0 Å². The molecule has 0 aliphatic heterocycles. The molecule has 98 valence electrons. The van der Waals surface area contributed by atoms with Crippen LogP contribution in [0.15, 0.2) is 27.1 Å². The molecule has 1 N–H and O–H groups in total. The highest BCUT2D eigenvalue weighted by atomic mass is 79.9. The molecule has 0 amide bonds. The van der Waals surface area contributed by atoms with Gasteiger partial charge in [-0.3, -0.25) is 0 Å². The maximum absolute atomic E-state index is 6.19. The second kappa shape index (κ2) is 6.09. The van der Waals surface area contributed by atoms with E-state index in [1.54, 1.807) is 0 Å². The predicted octanol–water partition coefficient (Wildman–Crippen LogP) is 5.30. The van der Waals surface area contributed by atoms with Crippen LogP contribution >= 0.6 is 27.5 Å². The third kappa shape index (κ3) is 2.90. The summed E-state index contributed by atoms with van der Waals surface area (Å²) in [5.41, 5.74) is 0.772. The summed E-state index contributed by atoms with van der Waals surface area (Å²) in [5, 5.41) is 5.14. The molecule has 1 unspecified atom stereocenters. The first kappa shape index (κ1) is 13.9. The maximum Gasteiger partial charge on any atom is 0.153 e. The Morgan fingerprint density at radius 1 is 1.33 bits per heavy atom. The Hall–Kier alpha value is -0.510. The molecule has 0 saturated heterocycles. The van der Waals surface area contributed by atoms with E-state index in [2.05, 4.69) is 41.2 Å². The highest BCUT2D eigenvalue weighted by Crippen LogP contribution is 2.33. The summed E-state index contributed by atoms with van der Waals surface area (Å²) < 4.78 is 6.88. The van der Waals surface area contributed by atoms with Crippen molar-refractivity contribution in [2.45, 2.75) is 32.7 Å². The fourth-order valence-corrected chi connectivity index (χ4v) is 3.02. The molecule has 0 aliphatic rings. The van der Waals surface area contributed by atoms with Gasteiger partial charge in [0.2, 0.25) is 0 Å². The van der Waals surface area contributed by atoms with E-state index in [1.165, 1.54) is 0 Å². The topological polar surface area (TPSA) is 25.2 Å². The smallest absolute Gasteiger partial charge is 0.153 e. The van der Waals surface area contributed by atoms with Crippen molar-refractivity contribution in [1.29, 1.82) is 0 Å². The highest BCUT2D eigenvalue weighted by Gasteiger charge is 2.16. The molecule has 2 aromatic rings. The molecule has 0 saturated carbocycles. The maximum atomic E-state index is 6.19. The largest absolute Gasteiger partial charge is 0.458 e. The summed E-state index contributed by atoms with van der Waals surface area (Å²) >= 11 is 9.64. The van der Waals surface area contributed by atoms with Crippen LogP contribution in [0.3, 0.4) is 0 Å². The molecule has 1 aromatic heterocycles. The number of hydrogen-bond donors (Lipinski definition) is 1. The van der Waals surface area contributed by atoms with Crippen molar-refractivity contribution < 1.29 is 4.42 Å². The second-order valence-corrected chi connectivity index (χ2v) is 5.68. The zero-order valence-electron chi connectivity index (χ0n) is 10.6. The van der Waals surface area contributed by atoms with Gasteiger partial charge in [-0.25, -0.2) is 0 Å². The van der Waals surface area contributed by atoms with Gasteiger partial charge in [0.05, 0.1) is 11.1 Å². The van der Waals surface area contributed by atoms with Gasteiger partial charge in [0, 0.05) is 9.86 Å². The van der Waals surface area contributed by atoms with Crippen molar-refractivity contribution in [3.8, 4) is 0 Å². The van der Waals surface area contributed by atoms with Crippen LogP contribution in [0, 0.1) is 0 Å². The van der Waals surface area contributed by atoms with Crippen LogP contribution in [0.25, 0.3) is 11.0 Å². The van der Waals surface area contributed by atoms with Crippen LogP contribution in [0.1, 0.15) is 38.5 Å². The SMILES string of the molecule is CCCC(NCC)c1cc2cc(Br)cc(Cl)c2o1. The lowest BCUT2D eigenvalue weighted by atomic mass is 10.1. The van der Waals surface area contributed by atoms with E-state index in [4.69, 9.17) is 16.0 Å². The molecule has 4 heteroatoms. The molecule has 0 fully saturated rings. The Morgan fingerprint density at radius 2 is 2.11 bits per heavy atom. The fraction of sp³-hybridized carbons (Fsp3) is 0.429. The standard InChI is InChI=1S/C14H17BrClNO/c1-3-5-12(17-4-2)13-7-9-6-10(15)8-11(16)14(9)18-13/h6-8,12,17H,3-5H2,1-2H3.